The Morgan fingerprint density at radius 1 is 1.17 bits per heavy atom. The molecule has 3 atom stereocenters. The highest BCUT2D eigenvalue weighted by Gasteiger charge is 2.40. The molecule has 1 heterocycles. The molecule has 3 nitrogen and oxygen atoms in total. The lowest BCUT2D eigenvalue weighted by Gasteiger charge is -2.20. The fraction of sp³-hybridized carbons (Fsp3) is 0.368. The van der Waals surface area contributed by atoms with Gasteiger partial charge in [0, 0.05) is 12.3 Å². The van der Waals surface area contributed by atoms with Gasteiger partial charge in [-0.05, 0) is 42.0 Å². The van der Waals surface area contributed by atoms with Crippen molar-refractivity contribution in [2.75, 3.05) is 19.4 Å². The largest absolute Gasteiger partial charge is 0.497 e. The first-order chi connectivity index (χ1) is 11.1. The molecule has 1 N–H and O–H groups in total. The fourth-order valence-electron chi connectivity index (χ4n) is 3.40. The first kappa shape index (κ1) is 16.3. The lowest BCUT2D eigenvalue weighted by atomic mass is 9.99. The summed E-state index contributed by atoms with van der Waals surface area (Å²) >= 11 is 0. The molecule has 0 bridgehead atoms. The average Bonchev–Trinajstić information content (AvgIpc) is 2.97. The van der Waals surface area contributed by atoms with Crippen LogP contribution in [0.4, 0.5) is 0 Å². The van der Waals surface area contributed by atoms with Crippen LogP contribution in [0.25, 0.3) is 0 Å². The Balaban J connectivity index is 1.68. The second kappa shape index (κ2) is 6.90. The maximum atomic E-state index is 13.2. The Labute approximate surface area is 137 Å². The Kier molecular flexibility index (Phi) is 4.89. The number of benzene rings is 2. The van der Waals surface area contributed by atoms with Crippen LogP contribution in [0.3, 0.4) is 0 Å². The molecule has 23 heavy (non-hydrogen) atoms. The van der Waals surface area contributed by atoms with Crippen LogP contribution in [-0.4, -0.2) is 24.5 Å². The summed E-state index contributed by atoms with van der Waals surface area (Å²) in [4.78, 5) is 0. The third-order valence-electron chi connectivity index (χ3n) is 4.71. The van der Waals surface area contributed by atoms with E-state index >= 15 is 0 Å². The molecule has 0 radical (unpaired) electrons. The van der Waals surface area contributed by atoms with Gasteiger partial charge in [0.1, 0.15) is 18.7 Å². The molecule has 0 spiro atoms. The van der Waals surface area contributed by atoms with Crippen molar-refractivity contribution in [1.29, 1.82) is 0 Å². The molecule has 0 saturated carbocycles. The Morgan fingerprint density at radius 2 is 1.87 bits per heavy atom. The van der Waals surface area contributed by atoms with Crippen molar-refractivity contribution in [3.8, 4) is 5.75 Å². The van der Waals surface area contributed by atoms with Crippen molar-refractivity contribution in [3.05, 3.63) is 65.7 Å². The molecule has 1 saturated heterocycles. The summed E-state index contributed by atoms with van der Waals surface area (Å²) in [5.41, 5.74) is 2.01. The first-order valence-corrected chi connectivity index (χ1v) is 10.2. The highest BCUT2D eigenvalue weighted by molar-refractivity contribution is 7.64. The minimum absolute atomic E-state index is 0.399. The van der Waals surface area contributed by atoms with Gasteiger partial charge in [0.05, 0.1) is 7.11 Å². The molecule has 1 aliphatic heterocycles. The van der Waals surface area contributed by atoms with Gasteiger partial charge in [-0.15, -0.1) is 0 Å². The van der Waals surface area contributed by atoms with E-state index in [-0.39, 0.29) is 0 Å². The Hall–Kier alpha value is -1.57. The maximum Gasteiger partial charge on any atom is 0.132 e. The Bertz CT molecular complexity index is 682. The summed E-state index contributed by atoms with van der Waals surface area (Å²) in [6.45, 7) is 0. The number of aliphatic hydroxyl groups is 1. The SMILES string of the molecule is COc1ccc(C(O)P2(=O)CCC(Cc3ccccc3)C2)cc1. The van der Waals surface area contributed by atoms with E-state index < -0.39 is 13.0 Å². The van der Waals surface area contributed by atoms with Gasteiger partial charge in [0.25, 0.3) is 0 Å². The molecule has 4 heteroatoms. The summed E-state index contributed by atoms with van der Waals surface area (Å²) in [6.07, 6.45) is 3.15. The molecule has 1 fully saturated rings. The monoisotopic (exact) mass is 330 g/mol. The molecule has 1 aliphatic rings. The first-order valence-electron chi connectivity index (χ1n) is 8.04. The zero-order valence-corrected chi connectivity index (χ0v) is 14.3. The molecule has 0 aliphatic carbocycles. The number of ether oxygens (including phenoxy) is 1. The second-order valence-corrected chi connectivity index (χ2v) is 9.56. The number of aliphatic hydroxyl groups excluding tert-OH is 1. The topological polar surface area (TPSA) is 46.5 Å². The standard InChI is InChI=1S/C19H23O3P/c1-22-18-9-7-17(8-10-18)19(20)23(21)12-11-16(14-23)13-15-5-3-2-4-6-15/h2-10,16,19-20H,11-14H2,1H3. The quantitative estimate of drug-likeness (QED) is 0.831. The molecule has 3 rings (SSSR count). The molecule has 0 aromatic heterocycles. The summed E-state index contributed by atoms with van der Waals surface area (Å²) in [7, 11) is -0.975. The van der Waals surface area contributed by atoms with Crippen molar-refractivity contribution in [1.82, 2.24) is 0 Å². The van der Waals surface area contributed by atoms with Gasteiger partial charge < -0.3 is 14.4 Å². The zero-order valence-electron chi connectivity index (χ0n) is 13.4. The maximum absolute atomic E-state index is 13.2. The number of hydrogen-bond acceptors (Lipinski definition) is 3. The molecule has 2 aromatic rings. The molecule has 122 valence electrons. The van der Waals surface area contributed by atoms with Crippen LogP contribution < -0.4 is 4.74 Å². The predicted molar refractivity (Wildman–Crippen MR) is 93.5 cm³/mol. The van der Waals surface area contributed by atoms with E-state index in [2.05, 4.69) is 12.1 Å². The average molecular weight is 330 g/mol. The van der Waals surface area contributed by atoms with Crippen molar-refractivity contribution in [2.24, 2.45) is 5.92 Å². The molecular weight excluding hydrogens is 307 g/mol. The van der Waals surface area contributed by atoms with Gasteiger partial charge in [-0.25, -0.2) is 0 Å². The van der Waals surface area contributed by atoms with Crippen LogP contribution in [-0.2, 0) is 11.0 Å². The van der Waals surface area contributed by atoms with E-state index in [0.717, 1.165) is 24.2 Å². The number of rotatable bonds is 5. The van der Waals surface area contributed by atoms with E-state index in [1.54, 1.807) is 7.11 Å². The van der Waals surface area contributed by atoms with Crippen LogP contribution in [0.1, 0.15) is 23.4 Å². The lowest BCUT2D eigenvalue weighted by molar-refractivity contribution is 0.253. The van der Waals surface area contributed by atoms with Crippen molar-refractivity contribution < 1.29 is 14.4 Å². The number of methoxy groups -OCH3 is 1. The lowest BCUT2D eigenvalue weighted by Crippen LogP contribution is -2.05. The normalized spacial score (nSPS) is 25.2. The van der Waals surface area contributed by atoms with Gasteiger partial charge in [-0.3, -0.25) is 0 Å². The molecular formula is C19H23O3P. The predicted octanol–water partition coefficient (Wildman–Crippen LogP) is 4.31. The van der Waals surface area contributed by atoms with E-state index in [0.29, 0.717) is 18.2 Å². The third kappa shape index (κ3) is 3.68. The summed E-state index contributed by atoms with van der Waals surface area (Å²) in [5, 5.41) is 10.6. The van der Waals surface area contributed by atoms with E-state index in [1.807, 2.05) is 42.5 Å². The highest BCUT2D eigenvalue weighted by atomic mass is 31.2. The number of hydrogen-bond donors (Lipinski definition) is 1. The van der Waals surface area contributed by atoms with Gasteiger partial charge in [-0.1, -0.05) is 42.5 Å². The smallest absolute Gasteiger partial charge is 0.132 e. The summed E-state index contributed by atoms with van der Waals surface area (Å²) < 4.78 is 18.3. The molecule has 3 unspecified atom stereocenters. The van der Waals surface area contributed by atoms with Gasteiger partial charge >= 0.3 is 0 Å². The van der Waals surface area contributed by atoms with Crippen molar-refractivity contribution in [2.45, 2.75) is 18.7 Å². The van der Waals surface area contributed by atoms with Gasteiger partial charge in [-0.2, -0.15) is 0 Å². The van der Waals surface area contributed by atoms with Crippen LogP contribution >= 0.6 is 7.14 Å². The van der Waals surface area contributed by atoms with E-state index in [9.17, 15) is 9.67 Å². The zero-order chi connectivity index (χ0) is 16.3. The summed E-state index contributed by atoms with van der Waals surface area (Å²) in [5.74, 6) is 0.290. The highest BCUT2D eigenvalue weighted by Crippen LogP contribution is 2.63. The van der Waals surface area contributed by atoms with Crippen molar-refractivity contribution >= 4 is 7.14 Å². The molecule has 0 amide bonds. The van der Waals surface area contributed by atoms with Crippen molar-refractivity contribution in [3.63, 3.8) is 0 Å². The second-order valence-electron chi connectivity index (χ2n) is 6.35. The van der Waals surface area contributed by atoms with Crippen LogP contribution in [0.2, 0.25) is 0 Å². The van der Waals surface area contributed by atoms with Crippen LogP contribution in [0.5, 0.6) is 5.75 Å². The Morgan fingerprint density at radius 3 is 2.52 bits per heavy atom. The molecule has 2 aromatic carbocycles. The van der Waals surface area contributed by atoms with E-state index in [1.165, 1.54) is 5.56 Å². The van der Waals surface area contributed by atoms with Gasteiger partial charge in [0.2, 0.25) is 0 Å². The van der Waals surface area contributed by atoms with Gasteiger partial charge in [0.15, 0.2) is 0 Å². The van der Waals surface area contributed by atoms with Crippen LogP contribution in [0, 0.1) is 5.92 Å². The minimum atomic E-state index is -2.58. The minimum Gasteiger partial charge on any atom is -0.497 e. The van der Waals surface area contributed by atoms with Crippen LogP contribution in [0.15, 0.2) is 54.6 Å². The summed E-state index contributed by atoms with van der Waals surface area (Å²) in [6, 6.07) is 17.6. The fourth-order valence-corrected chi connectivity index (χ4v) is 6.73. The van der Waals surface area contributed by atoms with E-state index in [4.69, 9.17) is 4.74 Å². The third-order valence-corrected chi connectivity index (χ3v) is 8.05.